The molecule has 0 bridgehead atoms. The molecule has 23 heavy (non-hydrogen) atoms. The number of rotatable bonds is 2. The maximum Gasteiger partial charge on any atom is 0.270 e. The summed E-state index contributed by atoms with van der Waals surface area (Å²) in [6.07, 6.45) is 1.70. The summed E-state index contributed by atoms with van der Waals surface area (Å²) in [7, 11) is 0. The largest absolute Gasteiger partial charge is 0.346 e. The average Bonchev–Trinajstić information content (AvgIpc) is 2.95. The van der Waals surface area contributed by atoms with Crippen LogP contribution in [0.25, 0.3) is 10.9 Å². The van der Waals surface area contributed by atoms with Crippen LogP contribution >= 0.6 is 0 Å². The summed E-state index contributed by atoms with van der Waals surface area (Å²) in [5.74, 6) is 1.76. The van der Waals surface area contributed by atoms with Crippen molar-refractivity contribution < 1.29 is 4.79 Å². The maximum absolute atomic E-state index is 12.5. The summed E-state index contributed by atoms with van der Waals surface area (Å²) < 4.78 is 2.07. The molecule has 0 saturated carbocycles. The van der Waals surface area contributed by atoms with Crippen molar-refractivity contribution in [1.29, 1.82) is 0 Å². The van der Waals surface area contributed by atoms with Crippen LogP contribution < -0.4 is 5.32 Å². The van der Waals surface area contributed by atoms with E-state index in [0.717, 1.165) is 35.4 Å². The second kappa shape index (κ2) is 5.46. The van der Waals surface area contributed by atoms with E-state index in [0.29, 0.717) is 12.2 Å². The molecule has 1 atom stereocenters. The number of carbonyl (C=O) groups is 1. The predicted octanol–water partition coefficient (Wildman–Crippen LogP) is 1.88. The van der Waals surface area contributed by atoms with E-state index in [1.54, 1.807) is 6.07 Å². The van der Waals surface area contributed by atoms with E-state index in [4.69, 9.17) is 0 Å². The molecule has 0 aliphatic carbocycles. The summed E-state index contributed by atoms with van der Waals surface area (Å²) in [4.78, 5) is 16.9. The summed E-state index contributed by atoms with van der Waals surface area (Å²) in [6, 6.07) is 11.6. The lowest BCUT2D eigenvalue weighted by Crippen LogP contribution is -2.41. The van der Waals surface area contributed by atoms with Crippen LogP contribution in [0.4, 0.5) is 0 Å². The van der Waals surface area contributed by atoms with Gasteiger partial charge < -0.3 is 9.88 Å². The predicted molar refractivity (Wildman–Crippen MR) is 86.1 cm³/mol. The van der Waals surface area contributed by atoms with Crippen molar-refractivity contribution in [3.8, 4) is 0 Å². The Morgan fingerprint density at radius 2 is 2.09 bits per heavy atom. The van der Waals surface area contributed by atoms with Gasteiger partial charge in [0.25, 0.3) is 5.91 Å². The molecule has 1 aliphatic heterocycles. The van der Waals surface area contributed by atoms with Crippen molar-refractivity contribution in [2.75, 3.05) is 0 Å². The third-order valence-electron chi connectivity index (χ3n) is 4.30. The van der Waals surface area contributed by atoms with Gasteiger partial charge in [0, 0.05) is 24.4 Å². The van der Waals surface area contributed by atoms with Crippen molar-refractivity contribution in [3.63, 3.8) is 0 Å². The molecule has 6 heteroatoms. The highest BCUT2D eigenvalue weighted by Gasteiger charge is 2.23. The molecule has 0 spiro atoms. The number of pyridine rings is 1. The molecule has 3 aromatic rings. The standard InChI is InChI=1S/C17H17N5O/c1-11-20-21-16-9-7-13(10-22(11)16)18-17(23)15-8-6-12-4-2-3-5-14(12)19-15/h2-6,8,13H,7,9-10H2,1H3,(H,18,23). The number of para-hydroxylation sites is 1. The minimum absolute atomic E-state index is 0.0815. The zero-order chi connectivity index (χ0) is 15.8. The van der Waals surface area contributed by atoms with E-state index in [1.807, 2.05) is 37.3 Å². The van der Waals surface area contributed by atoms with Gasteiger partial charge in [-0.1, -0.05) is 24.3 Å². The van der Waals surface area contributed by atoms with E-state index in [1.165, 1.54) is 0 Å². The lowest BCUT2D eigenvalue weighted by molar-refractivity contribution is 0.0922. The number of benzene rings is 1. The Kier molecular flexibility index (Phi) is 3.29. The smallest absolute Gasteiger partial charge is 0.270 e. The Labute approximate surface area is 133 Å². The highest BCUT2D eigenvalue weighted by Crippen LogP contribution is 2.16. The Balaban J connectivity index is 1.52. The summed E-state index contributed by atoms with van der Waals surface area (Å²) in [5, 5.41) is 12.4. The van der Waals surface area contributed by atoms with Gasteiger partial charge in [0.15, 0.2) is 0 Å². The van der Waals surface area contributed by atoms with Gasteiger partial charge in [0.1, 0.15) is 17.3 Å². The topological polar surface area (TPSA) is 72.7 Å². The van der Waals surface area contributed by atoms with Crippen molar-refractivity contribution in [2.24, 2.45) is 0 Å². The fourth-order valence-corrected chi connectivity index (χ4v) is 3.03. The fraction of sp³-hybridized carbons (Fsp3) is 0.294. The van der Waals surface area contributed by atoms with Crippen LogP contribution in [0.3, 0.4) is 0 Å². The average molecular weight is 307 g/mol. The second-order valence-corrected chi connectivity index (χ2v) is 5.87. The van der Waals surface area contributed by atoms with E-state index >= 15 is 0 Å². The number of amides is 1. The Morgan fingerprint density at radius 1 is 1.22 bits per heavy atom. The van der Waals surface area contributed by atoms with Gasteiger partial charge in [0.2, 0.25) is 0 Å². The van der Waals surface area contributed by atoms with E-state index < -0.39 is 0 Å². The van der Waals surface area contributed by atoms with Crippen LogP contribution in [0, 0.1) is 6.92 Å². The number of aryl methyl sites for hydroxylation is 2. The highest BCUT2D eigenvalue weighted by molar-refractivity contribution is 5.95. The van der Waals surface area contributed by atoms with Crippen LogP contribution in [-0.2, 0) is 13.0 Å². The van der Waals surface area contributed by atoms with Crippen molar-refractivity contribution in [2.45, 2.75) is 32.4 Å². The van der Waals surface area contributed by atoms with Gasteiger partial charge in [-0.05, 0) is 25.5 Å². The minimum atomic E-state index is -0.130. The molecule has 116 valence electrons. The number of carbonyl (C=O) groups excluding carboxylic acids is 1. The SMILES string of the molecule is Cc1nnc2n1CC(NC(=O)c1ccc3ccccc3n1)CC2. The minimum Gasteiger partial charge on any atom is -0.346 e. The van der Waals surface area contributed by atoms with E-state index in [2.05, 4.69) is 25.1 Å². The van der Waals surface area contributed by atoms with Gasteiger partial charge in [-0.15, -0.1) is 10.2 Å². The Morgan fingerprint density at radius 3 is 3.00 bits per heavy atom. The molecule has 3 heterocycles. The fourth-order valence-electron chi connectivity index (χ4n) is 3.03. The Bertz CT molecular complexity index is 886. The van der Waals surface area contributed by atoms with Crippen LogP contribution in [-0.4, -0.2) is 31.7 Å². The summed E-state index contributed by atoms with van der Waals surface area (Å²) >= 11 is 0. The van der Waals surface area contributed by atoms with Crippen LogP contribution in [0.2, 0.25) is 0 Å². The van der Waals surface area contributed by atoms with Crippen LogP contribution in [0.15, 0.2) is 36.4 Å². The zero-order valence-corrected chi connectivity index (χ0v) is 12.9. The number of nitrogens with one attached hydrogen (secondary N) is 1. The van der Waals surface area contributed by atoms with E-state index in [-0.39, 0.29) is 11.9 Å². The quantitative estimate of drug-likeness (QED) is 0.784. The second-order valence-electron chi connectivity index (χ2n) is 5.87. The molecule has 0 radical (unpaired) electrons. The number of nitrogens with zero attached hydrogens (tertiary/aromatic N) is 4. The normalized spacial score (nSPS) is 17.0. The maximum atomic E-state index is 12.5. The Hall–Kier alpha value is -2.76. The molecule has 0 saturated heterocycles. The van der Waals surface area contributed by atoms with Crippen molar-refractivity contribution in [1.82, 2.24) is 25.1 Å². The molecular formula is C17H17N5O. The molecule has 6 nitrogen and oxygen atoms in total. The molecule has 2 aromatic heterocycles. The first-order valence-electron chi connectivity index (χ1n) is 7.76. The molecule has 0 fully saturated rings. The molecular weight excluding hydrogens is 290 g/mol. The van der Waals surface area contributed by atoms with Gasteiger partial charge in [-0.2, -0.15) is 0 Å². The number of aromatic nitrogens is 4. The molecule has 1 aromatic carbocycles. The summed E-state index contributed by atoms with van der Waals surface area (Å²) in [6.45, 7) is 2.65. The zero-order valence-electron chi connectivity index (χ0n) is 12.9. The van der Waals surface area contributed by atoms with Crippen molar-refractivity contribution >= 4 is 16.8 Å². The number of hydrogen-bond donors (Lipinski definition) is 1. The van der Waals surface area contributed by atoms with Crippen LogP contribution in [0.1, 0.15) is 28.6 Å². The first kappa shape index (κ1) is 13.9. The number of hydrogen-bond acceptors (Lipinski definition) is 4. The third kappa shape index (κ3) is 2.56. The first-order valence-corrected chi connectivity index (χ1v) is 7.76. The van der Waals surface area contributed by atoms with Crippen LogP contribution in [0.5, 0.6) is 0 Å². The monoisotopic (exact) mass is 307 g/mol. The third-order valence-corrected chi connectivity index (χ3v) is 4.30. The lowest BCUT2D eigenvalue weighted by atomic mass is 10.1. The molecule has 1 unspecified atom stereocenters. The van der Waals surface area contributed by atoms with Crippen molar-refractivity contribution in [3.05, 3.63) is 53.7 Å². The molecule has 1 N–H and O–H groups in total. The molecule has 4 rings (SSSR count). The first-order chi connectivity index (χ1) is 11.2. The molecule has 1 aliphatic rings. The molecule has 1 amide bonds. The van der Waals surface area contributed by atoms with E-state index in [9.17, 15) is 4.79 Å². The van der Waals surface area contributed by atoms with Gasteiger partial charge in [-0.3, -0.25) is 4.79 Å². The summed E-state index contributed by atoms with van der Waals surface area (Å²) in [5.41, 5.74) is 1.29. The number of fused-ring (bicyclic) bond motifs is 2. The highest BCUT2D eigenvalue weighted by atomic mass is 16.1. The van der Waals surface area contributed by atoms with Gasteiger partial charge in [0.05, 0.1) is 5.52 Å². The lowest BCUT2D eigenvalue weighted by Gasteiger charge is -2.24. The van der Waals surface area contributed by atoms with Gasteiger partial charge in [-0.25, -0.2) is 4.98 Å². The van der Waals surface area contributed by atoms with Gasteiger partial charge >= 0.3 is 0 Å².